The quantitative estimate of drug-likeness (QED) is 0.853. The summed E-state index contributed by atoms with van der Waals surface area (Å²) in [6.07, 6.45) is 3.65. The van der Waals surface area contributed by atoms with Gasteiger partial charge in [-0.05, 0) is 31.6 Å². The Labute approximate surface area is 115 Å². The molecule has 0 saturated carbocycles. The Kier molecular flexibility index (Phi) is 4.96. The van der Waals surface area contributed by atoms with Gasteiger partial charge in [0.05, 0.1) is 6.61 Å². The van der Waals surface area contributed by atoms with Crippen LogP contribution in [0.1, 0.15) is 40.0 Å². The van der Waals surface area contributed by atoms with Crippen molar-refractivity contribution in [3.8, 4) is 0 Å². The first-order valence-corrected chi connectivity index (χ1v) is 8.19. The lowest BCUT2D eigenvalue weighted by Crippen LogP contribution is -2.41. The third-order valence-electron chi connectivity index (χ3n) is 4.60. The van der Waals surface area contributed by atoms with Gasteiger partial charge in [-0.25, -0.2) is 0 Å². The van der Waals surface area contributed by atoms with Crippen LogP contribution in [0.2, 0.25) is 0 Å². The van der Waals surface area contributed by atoms with Crippen LogP contribution in [0.5, 0.6) is 0 Å². The molecule has 1 fully saturated rings. The third-order valence-corrected chi connectivity index (χ3v) is 5.87. The Morgan fingerprint density at radius 3 is 2.78 bits per heavy atom. The molecule has 2 heterocycles. The van der Waals surface area contributed by atoms with Crippen molar-refractivity contribution < 1.29 is 4.74 Å². The summed E-state index contributed by atoms with van der Waals surface area (Å²) in [5, 5.41) is 4.72. The number of hydrogen-bond acceptors (Lipinski definition) is 4. The molecule has 0 aromatic heterocycles. The van der Waals surface area contributed by atoms with E-state index < -0.39 is 0 Å². The molecule has 18 heavy (non-hydrogen) atoms. The van der Waals surface area contributed by atoms with E-state index in [4.69, 9.17) is 9.73 Å². The molecular weight excluding hydrogens is 244 g/mol. The number of hydrogen-bond donors (Lipinski definition) is 1. The van der Waals surface area contributed by atoms with Gasteiger partial charge in [0.2, 0.25) is 0 Å². The highest BCUT2D eigenvalue weighted by Crippen LogP contribution is 2.35. The van der Waals surface area contributed by atoms with Crippen LogP contribution in [0.15, 0.2) is 4.99 Å². The van der Waals surface area contributed by atoms with E-state index in [1.165, 1.54) is 25.0 Å². The molecule has 2 atom stereocenters. The van der Waals surface area contributed by atoms with E-state index in [-0.39, 0.29) is 0 Å². The number of ether oxygens (including phenoxy) is 1. The Hall–Kier alpha value is -0.220. The number of nitrogens with zero attached hydrogens (tertiary/aromatic N) is 1. The van der Waals surface area contributed by atoms with Gasteiger partial charge < -0.3 is 10.1 Å². The summed E-state index contributed by atoms with van der Waals surface area (Å²) in [5.74, 6) is 1.86. The molecule has 1 saturated heterocycles. The molecular formula is C14H26N2OS. The van der Waals surface area contributed by atoms with Crippen LogP contribution in [0.3, 0.4) is 0 Å². The highest BCUT2D eigenvalue weighted by Gasteiger charge is 2.31. The molecule has 2 rings (SSSR count). The molecule has 1 N–H and O–H groups in total. The van der Waals surface area contributed by atoms with E-state index in [0.29, 0.717) is 17.4 Å². The first kappa shape index (κ1) is 14.2. The fraction of sp³-hybridized carbons (Fsp3) is 0.929. The molecule has 104 valence electrons. The molecule has 0 spiro atoms. The minimum absolute atomic E-state index is 0.440. The van der Waals surface area contributed by atoms with Gasteiger partial charge in [-0.15, -0.1) is 0 Å². The summed E-state index contributed by atoms with van der Waals surface area (Å²) < 4.78 is 5.45. The molecule has 0 aromatic rings. The second-order valence-electron chi connectivity index (χ2n) is 5.67. The highest BCUT2D eigenvalue weighted by atomic mass is 32.2. The first-order chi connectivity index (χ1) is 8.69. The van der Waals surface area contributed by atoms with Crippen molar-refractivity contribution >= 4 is 16.9 Å². The second-order valence-corrected chi connectivity index (χ2v) is 6.64. The zero-order valence-electron chi connectivity index (χ0n) is 11.9. The average molecular weight is 270 g/mol. The topological polar surface area (TPSA) is 33.6 Å². The summed E-state index contributed by atoms with van der Waals surface area (Å²) in [7, 11) is 0. The number of thioether (sulfide) groups is 1. The van der Waals surface area contributed by atoms with E-state index in [1.54, 1.807) is 0 Å². The van der Waals surface area contributed by atoms with Gasteiger partial charge in [-0.1, -0.05) is 25.6 Å². The van der Waals surface area contributed by atoms with Gasteiger partial charge in [0.1, 0.15) is 0 Å². The maximum atomic E-state index is 5.45. The smallest absolute Gasteiger partial charge is 0.156 e. The zero-order chi connectivity index (χ0) is 13.0. The molecule has 0 amide bonds. The van der Waals surface area contributed by atoms with Gasteiger partial charge in [0.15, 0.2) is 5.17 Å². The monoisotopic (exact) mass is 270 g/mol. The van der Waals surface area contributed by atoms with Crippen LogP contribution in [0.25, 0.3) is 0 Å². The summed E-state index contributed by atoms with van der Waals surface area (Å²) >= 11 is 1.90. The largest absolute Gasteiger partial charge is 0.381 e. The fourth-order valence-corrected chi connectivity index (χ4v) is 3.94. The lowest BCUT2D eigenvalue weighted by molar-refractivity contribution is 0.180. The maximum absolute atomic E-state index is 5.45. The summed E-state index contributed by atoms with van der Waals surface area (Å²) in [6, 6.07) is 0.481. The van der Waals surface area contributed by atoms with E-state index in [2.05, 4.69) is 26.1 Å². The number of nitrogens with one attached hydrogen (secondary N) is 1. The lowest BCUT2D eigenvalue weighted by Gasteiger charge is -2.34. The van der Waals surface area contributed by atoms with Crippen molar-refractivity contribution in [2.45, 2.75) is 46.1 Å². The van der Waals surface area contributed by atoms with E-state index in [1.807, 2.05) is 11.8 Å². The van der Waals surface area contributed by atoms with E-state index in [9.17, 15) is 0 Å². The maximum Gasteiger partial charge on any atom is 0.156 e. The first-order valence-electron chi connectivity index (χ1n) is 7.20. The summed E-state index contributed by atoms with van der Waals surface area (Å²) in [5.41, 5.74) is 0.440. The number of aliphatic imine (C=N–C) groups is 1. The SMILES string of the molecule is CCC1(CC)CN=C(NC(C)C2CCOC2)SC1. The van der Waals surface area contributed by atoms with Gasteiger partial charge in [0, 0.05) is 30.9 Å². The summed E-state index contributed by atoms with van der Waals surface area (Å²) in [6.45, 7) is 9.64. The highest BCUT2D eigenvalue weighted by molar-refractivity contribution is 8.13. The predicted molar refractivity (Wildman–Crippen MR) is 79.3 cm³/mol. The molecule has 2 aliphatic rings. The molecule has 2 unspecified atom stereocenters. The van der Waals surface area contributed by atoms with Crippen molar-refractivity contribution in [2.75, 3.05) is 25.5 Å². The molecule has 4 heteroatoms. The zero-order valence-corrected chi connectivity index (χ0v) is 12.7. The number of rotatable bonds is 4. The van der Waals surface area contributed by atoms with Crippen LogP contribution >= 0.6 is 11.8 Å². The van der Waals surface area contributed by atoms with Gasteiger partial charge in [0.25, 0.3) is 0 Å². The third kappa shape index (κ3) is 3.21. The van der Waals surface area contributed by atoms with Gasteiger partial charge >= 0.3 is 0 Å². The Bertz CT molecular complexity index is 296. The lowest BCUT2D eigenvalue weighted by atomic mass is 9.84. The Morgan fingerprint density at radius 1 is 1.50 bits per heavy atom. The Balaban J connectivity index is 1.86. The van der Waals surface area contributed by atoms with Crippen molar-refractivity contribution in [3.63, 3.8) is 0 Å². The van der Waals surface area contributed by atoms with Crippen molar-refractivity contribution in [1.82, 2.24) is 5.32 Å². The van der Waals surface area contributed by atoms with Crippen LogP contribution in [0, 0.1) is 11.3 Å². The normalized spacial score (nSPS) is 28.8. The van der Waals surface area contributed by atoms with Crippen LogP contribution in [-0.4, -0.2) is 36.7 Å². The predicted octanol–water partition coefficient (Wildman–Crippen LogP) is 2.91. The molecule has 0 bridgehead atoms. The van der Waals surface area contributed by atoms with E-state index >= 15 is 0 Å². The van der Waals surface area contributed by atoms with Crippen LogP contribution in [0.4, 0.5) is 0 Å². The minimum atomic E-state index is 0.440. The van der Waals surface area contributed by atoms with Crippen molar-refractivity contribution in [3.05, 3.63) is 0 Å². The second kappa shape index (κ2) is 6.29. The average Bonchev–Trinajstić information content (AvgIpc) is 2.94. The van der Waals surface area contributed by atoms with E-state index in [0.717, 1.165) is 24.9 Å². The standard InChI is InChI=1S/C14H26N2OS/c1-4-14(5-2)9-15-13(18-10-14)16-11(3)12-6-7-17-8-12/h11-12H,4-10H2,1-3H3,(H,15,16). The van der Waals surface area contributed by atoms with Gasteiger partial charge in [-0.2, -0.15) is 0 Å². The Morgan fingerprint density at radius 2 is 2.28 bits per heavy atom. The van der Waals surface area contributed by atoms with Gasteiger partial charge in [-0.3, -0.25) is 4.99 Å². The molecule has 2 aliphatic heterocycles. The molecule has 0 aromatic carbocycles. The fourth-order valence-electron chi connectivity index (χ4n) is 2.58. The van der Waals surface area contributed by atoms with Crippen molar-refractivity contribution in [1.29, 1.82) is 0 Å². The summed E-state index contributed by atoms with van der Waals surface area (Å²) in [4.78, 5) is 4.76. The minimum Gasteiger partial charge on any atom is -0.381 e. The number of amidine groups is 1. The van der Waals surface area contributed by atoms with Crippen LogP contribution < -0.4 is 5.32 Å². The molecule has 0 aliphatic carbocycles. The van der Waals surface area contributed by atoms with Crippen LogP contribution in [-0.2, 0) is 4.74 Å². The van der Waals surface area contributed by atoms with Crippen molar-refractivity contribution in [2.24, 2.45) is 16.3 Å². The molecule has 0 radical (unpaired) electrons. The molecule has 3 nitrogen and oxygen atoms in total.